The average Bonchev–Trinajstić information content (AvgIpc) is 2.79. The minimum Gasteiger partial charge on any atom is -0.385 e. The number of aromatic nitrogens is 2. The van der Waals surface area contributed by atoms with Crippen molar-refractivity contribution >= 4 is 16.7 Å². The van der Waals surface area contributed by atoms with Crippen molar-refractivity contribution in [1.29, 1.82) is 0 Å². The number of aromatic amines is 1. The molecule has 1 saturated heterocycles. The first-order valence-corrected chi connectivity index (χ1v) is 7.22. The van der Waals surface area contributed by atoms with Crippen molar-refractivity contribution in [2.24, 2.45) is 5.92 Å². The first-order valence-electron chi connectivity index (χ1n) is 7.22. The summed E-state index contributed by atoms with van der Waals surface area (Å²) in [6.07, 6.45) is 3.91. The molecule has 0 atom stereocenters. The van der Waals surface area contributed by atoms with Crippen molar-refractivity contribution in [3.8, 4) is 0 Å². The second kappa shape index (κ2) is 5.61. The fraction of sp³-hybridized carbons (Fsp3) is 0.533. The molecule has 4 nitrogen and oxygen atoms in total. The van der Waals surface area contributed by atoms with Crippen molar-refractivity contribution in [2.75, 3.05) is 25.0 Å². The van der Waals surface area contributed by atoms with Gasteiger partial charge in [0.15, 0.2) is 0 Å². The third-order valence-electron chi connectivity index (χ3n) is 3.94. The van der Waals surface area contributed by atoms with Crippen molar-refractivity contribution < 1.29 is 0 Å². The zero-order valence-electron chi connectivity index (χ0n) is 11.5. The Hall–Kier alpha value is -1.55. The number of nitrogens with zero attached hydrogens (tertiary/aromatic N) is 1. The normalized spacial score (nSPS) is 16.9. The van der Waals surface area contributed by atoms with E-state index in [4.69, 9.17) is 0 Å². The van der Waals surface area contributed by atoms with Crippen LogP contribution in [0.4, 0.5) is 5.69 Å². The molecule has 0 radical (unpaired) electrons. The molecule has 3 rings (SSSR count). The van der Waals surface area contributed by atoms with Gasteiger partial charge < -0.3 is 15.6 Å². The van der Waals surface area contributed by atoms with Gasteiger partial charge in [0, 0.05) is 12.2 Å². The Kier molecular flexibility index (Phi) is 3.69. The summed E-state index contributed by atoms with van der Waals surface area (Å²) in [5.74, 6) is 1.86. The van der Waals surface area contributed by atoms with E-state index in [0.29, 0.717) is 0 Å². The van der Waals surface area contributed by atoms with Gasteiger partial charge in [-0.1, -0.05) is 0 Å². The van der Waals surface area contributed by atoms with Crippen LogP contribution in [-0.2, 0) is 0 Å². The molecule has 1 fully saturated rings. The maximum absolute atomic E-state index is 4.42. The van der Waals surface area contributed by atoms with Crippen LogP contribution in [0.2, 0.25) is 0 Å². The maximum atomic E-state index is 4.42. The molecule has 19 heavy (non-hydrogen) atoms. The van der Waals surface area contributed by atoms with Gasteiger partial charge in [0.2, 0.25) is 0 Å². The summed E-state index contributed by atoms with van der Waals surface area (Å²) in [6, 6.07) is 6.34. The van der Waals surface area contributed by atoms with E-state index in [1.807, 2.05) is 6.92 Å². The lowest BCUT2D eigenvalue weighted by atomic mass is 9.95. The van der Waals surface area contributed by atoms with Crippen LogP contribution in [0.1, 0.15) is 25.1 Å². The minimum atomic E-state index is 0.881. The number of piperidine rings is 1. The molecule has 2 heterocycles. The molecule has 1 aliphatic rings. The fourth-order valence-electron chi connectivity index (χ4n) is 2.84. The molecule has 0 unspecified atom stereocenters. The van der Waals surface area contributed by atoms with E-state index in [1.54, 1.807) is 0 Å². The van der Waals surface area contributed by atoms with Gasteiger partial charge in [0.05, 0.1) is 11.0 Å². The van der Waals surface area contributed by atoms with Gasteiger partial charge in [0.1, 0.15) is 5.82 Å². The number of aryl methyl sites for hydroxylation is 1. The van der Waals surface area contributed by atoms with Gasteiger partial charge >= 0.3 is 0 Å². The van der Waals surface area contributed by atoms with Gasteiger partial charge in [0.25, 0.3) is 0 Å². The number of anilines is 1. The van der Waals surface area contributed by atoms with E-state index in [1.165, 1.54) is 38.0 Å². The van der Waals surface area contributed by atoms with Crippen molar-refractivity contribution in [3.63, 3.8) is 0 Å². The first kappa shape index (κ1) is 12.5. The molecule has 0 spiro atoms. The second-order valence-corrected chi connectivity index (χ2v) is 5.46. The Morgan fingerprint density at radius 3 is 3.00 bits per heavy atom. The quantitative estimate of drug-likeness (QED) is 0.790. The van der Waals surface area contributed by atoms with E-state index in [-0.39, 0.29) is 0 Å². The zero-order valence-corrected chi connectivity index (χ0v) is 11.5. The maximum Gasteiger partial charge on any atom is 0.104 e. The number of H-pyrrole nitrogens is 1. The molecule has 102 valence electrons. The van der Waals surface area contributed by atoms with Gasteiger partial charge in [-0.25, -0.2) is 4.98 Å². The highest BCUT2D eigenvalue weighted by molar-refractivity contribution is 5.79. The Morgan fingerprint density at radius 2 is 2.16 bits per heavy atom. The third-order valence-corrected chi connectivity index (χ3v) is 3.94. The van der Waals surface area contributed by atoms with E-state index in [2.05, 4.69) is 38.8 Å². The highest BCUT2D eigenvalue weighted by Crippen LogP contribution is 2.19. The number of nitrogens with one attached hydrogen (secondary N) is 3. The van der Waals surface area contributed by atoms with Crippen LogP contribution in [0.25, 0.3) is 11.0 Å². The Bertz CT molecular complexity index is 540. The number of fused-ring (bicyclic) bond motifs is 1. The molecule has 0 bridgehead atoms. The summed E-state index contributed by atoms with van der Waals surface area (Å²) in [4.78, 5) is 7.70. The summed E-state index contributed by atoms with van der Waals surface area (Å²) < 4.78 is 0. The number of imidazole rings is 1. The van der Waals surface area contributed by atoms with E-state index in [0.717, 1.165) is 29.3 Å². The monoisotopic (exact) mass is 258 g/mol. The van der Waals surface area contributed by atoms with E-state index < -0.39 is 0 Å². The first-order chi connectivity index (χ1) is 9.31. The van der Waals surface area contributed by atoms with Crippen LogP contribution in [0.5, 0.6) is 0 Å². The lowest BCUT2D eigenvalue weighted by molar-refractivity contribution is 0.361. The summed E-state index contributed by atoms with van der Waals surface area (Å²) in [6.45, 7) is 5.42. The molecular formula is C15H22N4. The van der Waals surface area contributed by atoms with E-state index in [9.17, 15) is 0 Å². The van der Waals surface area contributed by atoms with Gasteiger partial charge in [-0.15, -0.1) is 0 Å². The summed E-state index contributed by atoms with van der Waals surface area (Å²) >= 11 is 0. The standard InChI is InChI=1S/C15H22N4/c1-11-18-14-3-2-13(10-15(14)19-11)17-9-6-12-4-7-16-8-5-12/h2-3,10,12,16-17H,4-9H2,1H3,(H,18,19). The number of hydrogen-bond acceptors (Lipinski definition) is 3. The third kappa shape index (κ3) is 3.07. The summed E-state index contributed by atoms with van der Waals surface area (Å²) in [5, 5.41) is 6.94. The molecule has 1 aromatic heterocycles. The molecule has 3 N–H and O–H groups in total. The van der Waals surface area contributed by atoms with Crippen LogP contribution in [0.15, 0.2) is 18.2 Å². The molecular weight excluding hydrogens is 236 g/mol. The Balaban J connectivity index is 1.55. The van der Waals surface area contributed by atoms with Crippen LogP contribution >= 0.6 is 0 Å². The SMILES string of the molecule is Cc1nc2ccc(NCCC3CCNCC3)cc2[nH]1. The summed E-state index contributed by atoms with van der Waals surface area (Å²) in [5.41, 5.74) is 3.34. The fourth-order valence-corrected chi connectivity index (χ4v) is 2.84. The molecule has 0 saturated carbocycles. The second-order valence-electron chi connectivity index (χ2n) is 5.46. The highest BCUT2D eigenvalue weighted by Gasteiger charge is 2.12. The van der Waals surface area contributed by atoms with Gasteiger partial charge in [-0.3, -0.25) is 0 Å². The lowest BCUT2D eigenvalue weighted by Crippen LogP contribution is -2.28. The van der Waals surface area contributed by atoms with Crippen LogP contribution in [0.3, 0.4) is 0 Å². The van der Waals surface area contributed by atoms with Crippen molar-refractivity contribution in [1.82, 2.24) is 15.3 Å². The molecule has 2 aromatic rings. The number of rotatable bonds is 4. The molecule has 1 aliphatic heterocycles. The smallest absolute Gasteiger partial charge is 0.104 e. The van der Waals surface area contributed by atoms with E-state index >= 15 is 0 Å². The van der Waals surface area contributed by atoms with Crippen molar-refractivity contribution in [3.05, 3.63) is 24.0 Å². The van der Waals surface area contributed by atoms with Crippen LogP contribution in [-0.4, -0.2) is 29.6 Å². The number of benzene rings is 1. The minimum absolute atomic E-state index is 0.881. The highest BCUT2D eigenvalue weighted by atomic mass is 14.9. The molecule has 0 aliphatic carbocycles. The van der Waals surface area contributed by atoms with Gasteiger partial charge in [-0.05, 0) is 63.4 Å². The average molecular weight is 258 g/mol. The predicted octanol–water partition coefficient (Wildman–Crippen LogP) is 2.67. The topological polar surface area (TPSA) is 52.7 Å². The van der Waals surface area contributed by atoms with Crippen LogP contribution < -0.4 is 10.6 Å². The number of hydrogen-bond donors (Lipinski definition) is 3. The molecule has 4 heteroatoms. The lowest BCUT2D eigenvalue weighted by Gasteiger charge is -2.22. The van der Waals surface area contributed by atoms with Crippen molar-refractivity contribution in [2.45, 2.75) is 26.2 Å². The summed E-state index contributed by atoms with van der Waals surface area (Å²) in [7, 11) is 0. The Morgan fingerprint density at radius 1 is 1.32 bits per heavy atom. The largest absolute Gasteiger partial charge is 0.385 e. The molecule has 1 aromatic carbocycles. The van der Waals surface area contributed by atoms with Crippen LogP contribution in [0, 0.1) is 12.8 Å². The molecule has 0 amide bonds. The van der Waals surface area contributed by atoms with Gasteiger partial charge in [-0.2, -0.15) is 0 Å². The Labute approximate surface area is 114 Å². The predicted molar refractivity (Wildman–Crippen MR) is 79.5 cm³/mol. The zero-order chi connectivity index (χ0) is 13.1.